The molecule has 0 unspecified atom stereocenters. The predicted octanol–water partition coefficient (Wildman–Crippen LogP) is -0.830. The number of piperazine rings is 1. The monoisotopic (exact) mass is 229 g/mol. The van der Waals surface area contributed by atoms with Gasteiger partial charge in [-0.05, 0) is 0 Å². The predicted molar refractivity (Wildman–Crippen MR) is 58.5 cm³/mol. The molecule has 0 aliphatic carbocycles. The molecule has 1 aliphatic heterocycles. The van der Waals surface area contributed by atoms with E-state index in [1.807, 2.05) is 4.90 Å². The highest BCUT2D eigenvalue weighted by molar-refractivity contribution is 5.77. The van der Waals surface area contributed by atoms with Crippen LogP contribution in [0.4, 0.5) is 0 Å². The first-order chi connectivity index (χ1) is 7.54. The van der Waals surface area contributed by atoms with Crippen molar-refractivity contribution < 1.29 is 14.4 Å². The lowest BCUT2D eigenvalue weighted by molar-refractivity contribution is -0.170. The summed E-state index contributed by atoms with van der Waals surface area (Å²) in [4.78, 5) is 31.3. The van der Waals surface area contributed by atoms with Gasteiger partial charge in [-0.15, -0.1) is 0 Å². The number of carbonyl (C=O) groups excluding carboxylic acids is 2. The normalized spacial score (nSPS) is 17.3. The zero-order valence-corrected chi connectivity index (χ0v) is 10.1. The van der Waals surface area contributed by atoms with Gasteiger partial charge in [-0.1, -0.05) is 0 Å². The largest absolute Gasteiger partial charge is 0.340 e. The smallest absolute Gasteiger partial charge is 0.259 e. The number of nitrogens with zero attached hydrogens (tertiary/aromatic N) is 3. The molecule has 0 aromatic heterocycles. The summed E-state index contributed by atoms with van der Waals surface area (Å²) in [7, 11) is 3.06. The molecule has 1 rings (SSSR count). The van der Waals surface area contributed by atoms with Crippen LogP contribution in [-0.2, 0) is 14.4 Å². The molecule has 1 saturated heterocycles. The minimum Gasteiger partial charge on any atom is -0.340 e. The third kappa shape index (κ3) is 3.46. The van der Waals surface area contributed by atoms with Crippen LogP contribution in [0.15, 0.2) is 0 Å². The maximum atomic E-state index is 11.5. The van der Waals surface area contributed by atoms with Crippen LogP contribution >= 0.6 is 0 Å². The van der Waals surface area contributed by atoms with E-state index in [9.17, 15) is 9.59 Å². The van der Waals surface area contributed by atoms with Crippen molar-refractivity contribution in [2.45, 2.75) is 6.92 Å². The van der Waals surface area contributed by atoms with Crippen LogP contribution in [0.25, 0.3) is 0 Å². The number of hydroxylamine groups is 2. The Kier molecular flexibility index (Phi) is 4.70. The molecule has 1 fully saturated rings. The topological polar surface area (TPSA) is 53.1 Å². The van der Waals surface area contributed by atoms with E-state index in [-0.39, 0.29) is 11.8 Å². The molecule has 2 amide bonds. The number of likely N-dealkylation sites (N-methyl/N-ethyl adjacent to an activating group) is 1. The fraction of sp³-hybridized carbons (Fsp3) is 0.800. The van der Waals surface area contributed by atoms with Crippen LogP contribution in [0, 0.1) is 0 Å². The van der Waals surface area contributed by atoms with E-state index < -0.39 is 0 Å². The molecule has 0 aromatic rings. The molecule has 0 aromatic carbocycles. The number of hydrogen-bond donors (Lipinski definition) is 0. The Morgan fingerprint density at radius 2 is 1.81 bits per heavy atom. The number of amides is 2. The van der Waals surface area contributed by atoms with Crippen LogP contribution in [0.3, 0.4) is 0 Å². The maximum absolute atomic E-state index is 11.5. The van der Waals surface area contributed by atoms with E-state index in [1.165, 1.54) is 12.2 Å². The highest BCUT2D eigenvalue weighted by Gasteiger charge is 2.21. The summed E-state index contributed by atoms with van der Waals surface area (Å²) >= 11 is 0. The lowest BCUT2D eigenvalue weighted by Gasteiger charge is -2.34. The van der Waals surface area contributed by atoms with Crippen molar-refractivity contribution in [1.29, 1.82) is 0 Å². The summed E-state index contributed by atoms with van der Waals surface area (Å²) in [6, 6.07) is 0. The van der Waals surface area contributed by atoms with Gasteiger partial charge in [0.2, 0.25) is 5.91 Å². The van der Waals surface area contributed by atoms with Gasteiger partial charge in [0.25, 0.3) is 5.91 Å². The number of hydrogen-bond acceptors (Lipinski definition) is 4. The van der Waals surface area contributed by atoms with Crippen molar-refractivity contribution in [2.24, 2.45) is 0 Å². The second-order valence-electron chi connectivity index (χ2n) is 3.86. The summed E-state index contributed by atoms with van der Waals surface area (Å²) < 4.78 is 0. The Morgan fingerprint density at radius 3 is 2.25 bits per heavy atom. The quantitative estimate of drug-likeness (QED) is 0.593. The second kappa shape index (κ2) is 5.81. The van der Waals surface area contributed by atoms with Gasteiger partial charge in [-0.3, -0.25) is 19.3 Å². The Hall–Kier alpha value is -1.14. The summed E-state index contributed by atoms with van der Waals surface area (Å²) in [6.45, 7) is 4.78. The second-order valence-corrected chi connectivity index (χ2v) is 3.86. The van der Waals surface area contributed by atoms with E-state index in [0.29, 0.717) is 19.6 Å². The van der Waals surface area contributed by atoms with Crippen molar-refractivity contribution in [3.8, 4) is 0 Å². The highest BCUT2D eigenvalue weighted by atomic mass is 16.7. The lowest BCUT2D eigenvalue weighted by atomic mass is 10.3. The van der Waals surface area contributed by atoms with Crippen LogP contribution in [0.5, 0.6) is 0 Å². The van der Waals surface area contributed by atoms with E-state index >= 15 is 0 Å². The van der Waals surface area contributed by atoms with E-state index in [1.54, 1.807) is 18.9 Å². The fourth-order valence-corrected chi connectivity index (χ4v) is 1.61. The van der Waals surface area contributed by atoms with Gasteiger partial charge in [0, 0.05) is 40.2 Å². The van der Waals surface area contributed by atoms with Gasteiger partial charge in [0.1, 0.15) is 0 Å². The van der Waals surface area contributed by atoms with Crippen LogP contribution in [0.2, 0.25) is 0 Å². The summed E-state index contributed by atoms with van der Waals surface area (Å²) in [5.74, 6) is 0.0266. The third-order valence-electron chi connectivity index (χ3n) is 2.80. The average Bonchev–Trinajstić information content (AvgIpc) is 2.28. The van der Waals surface area contributed by atoms with Crippen molar-refractivity contribution >= 4 is 11.8 Å². The molecule has 0 N–H and O–H groups in total. The standard InChI is InChI=1S/C10H19N3O3/c1-9(14)13-6-4-12(5-7-13)8-10(15)11(2)16-3/h4-8H2,1-3H3. The molecule has 6 heteroatoms. The first kappa shape index (κ1) is 12.9. The summed E-state index contributed by atoms with van der Waals surface area (Å²) in [5, 5.41) is 1.22. The summed E-state index contributed by atoms with van der Waals surface area (Å²) in [6.07, 6.45) is 0. The minimum atomic E-state index is -0.0706. The molecule has 16 heavy (non-hydrogen) atoms. The highest BCUT2D eigenvalue weighted by Crippen LogP contribution is 2.02. The SMILES string of the molecule is CON(C)C(=O)CN1CCN(C(C)=O)CC1. The van der Waals surface area contributed by atoms with E-state index in [0.717, 1.165) is 13.1 Å². The Morgan fingerprint density at radius 1 is 1.25 bits per heavy atom. The molecule has 1 aliphatic rings. The van der Waals surface area contributed by atoms with Gasteiger partial charge < -0.3 is 4.90 Å². The Bertz CT molecular complexity index is 262. The van der Waals surface area contributed by atoms with Gasteiger partial charge in [-0.2, -0.15) is 0 Å². The van der Waals surface area contributed by atoms with Crippen molar-refractivity contribution in [1.82, 2.24) is 14.9 Å². The molecular weight excluding hydrogens is 210 g/mol. The fourth-order valence-electron chi connectivity index (χ4n) is 1.61. The minimum absolute atomic E-state index is 0.0706. The van der Waals surface area contributed by atoms with Crippen LogP contribution in [-0.4, -0.2) is 73.6 Å². The molecule has 1 heterocycles. The lowest BCUT2D eigenvalue weighted by Crippen LogP contribution is -2.50. The van der Waals surface area contributed by atoms with Crippen molar-refractivity contribution in [3.05, 3.63) is 0 Å². The third-order valence-corrected chi connectivity index (χ3v) is 2.80. The zero-order chi connectivity index (χ0) is 12.1. The zero-order valence-electron chi connectivity index (χ0n) is 10.1. The molecule has 0 bridgehead atoms. The van der Waals surface area contributed by atoms with Crippen molar-refractivity contribution in [2.75, 3.05) is 46.9 Å². The number of rotatable bonds is 3. The summed E-state index contributed by atoms with van der Waals surface area (Å²) in [5.41, 5.74) is 0. The van der Waals surface area contributed by atoms with E-state index in [2.05, 4.69) is 0 Å². The first-order valence-corrected chi connectivity index (χ1v) is 5.33. The van der Waals surface area contributed by atoms with Gasteiger partial charge in [-0.25, -0.2) is 5.06 Å². The Balaban J connectivity index is 2.32. The van der Waals surface area contributed by atoms with Gasteiger partial charge in [0.05, 0.1) is 13.7 Å². The Labute approximate surface area is 95.7 Å². The van der Waals surface area contributed by atoms with Gasteiger partial charge in [0.15, 0.2) is 0 Å². The number of carbonyl (C=O) groups is 2. The first-order valence-electron chi connectivity index (χ1n) is 5.33. The van der Waals surface area contributed by atoms with Crippen LogP contribution < -0.4 is 0 Å². The van der Waals surface area contributed by atoms with Gasteiger partial charge >= 0.3 is 0 Å². The molecule has 0 radical (unpaired) electrons. The average molecular weight is 229 g/mol. The molecular formula is C10H19N3O3. The van der Waals surface area contributed by atoms with Crippen LogP contribution in [0.1, 0.15) is 6.92 Å². The van der Waals surface area contributed by atoms with Crippen molar-refractivity contribution in [3.63, 3.8) is 0 Å². The molecule has 92 valence electrons. The molecule has 0 saturated carbocycles. The molecule has 0 spiro atoms. The molecule has 0 atom stereocenters. The van der Waals surface area contributed by atoms with E-state index in [4.69, 9.17) is 4.84 Å². The molecule has 6 nitrogen and oxygen atoms in total. The maximum Gasteiger partial charge on any atom is 0.259 e.